The highest BCUT2D eigenvalue weighted by atomic mass is 16.1. The zero-order valence-corrected chi connectivity index (χ0v) is 13.7. The molecule has 0 aliphatic carbocycles. The second-order valence-corrected chi connectivity index (χ2v) is 6.35. The molecule has 1 saturated heterocycles. The van der Waals surface area contributed by atoms with E-state index in [1.165, 1.54) is 5.56 Å². The van der Waals surface area contributed by atoms with E-state index in [0.29, 0.717) is 0 Å². The molecule has 3 rings (SSSR count). The van der Waals surface area contributed by atoms with Crippen molar-refractivity contribution in [2.45, 2.75) is 32.4 Å². The van der Waals surface area contributed by atoms with Crippen LogP contribution >= 0.6 is 0 Å². The van der Waals surface area contributed by atoms with Gasteiger partial charge in [-0.1, -0.05) is 48.5 Å². The summed E-state index contributed by atoms with van der Waals surface area (Å²) in [5.41, 5.74) is 3.15. The summed E-state index contributed by atoms with van der Waals surface area (Å²) in [6, 6.07) is 18.5. The number of likely N-dealkylation sites (tertiary alicyclic amines) is 1. The van der Waals surface area contributed by atoms with Crippen molar-refractivity contribution in [2.24, 2.45) is 0 Å². The fourth-order valence-corrected chi connectivity index (χ4v) is 3.25. The van der Waals surface area contributed by atoms with E-state index in [2.05, 4.69) is 34.5 Å². The standard InChI is InChI=1S/C20H24N2O/c1-16-8-5-6-12-19(16)20(23)21-18-11-7-13-22(15-18)14-17-9-3-2-4-10-17/h2-6,8-10,12,18H,7,11,13-15H2,1H3,(H,21,23)/t18-/m1/s1. The van der Waals surface area contributed by atoms with Crippen LogP contribution in [0.5, 0.6) is 0 Å². The van der Waals surface area contributed by atoms with E-state index in [1.54, 1.807) is 0 Å². The van der Waals surface area contributed by atoms with Crippen molar-refractivity contribution in [1.82, 2.24) is 10.2 Å². The number of rotatable bonds is 4. The van der Waals surface area contributed by atoms with E-state index < -0.39 is 0 Å². The van der Waals surface area contributed by atoms with Gasteiger partial charge in [-0.3, -0.25) is 9.69 Å². The van der Waals surface area contributed by atoms with Crippen LogP contribution in [-0.4, -0.2) is 29.9 Å². The molecule has 0 bridgehead atoms. The first kappa shape index (κ1) is 15.8. The SMILES string of the molecule is Cc1ccccc1C(=O)N[C@@H]1CCCN(Cc2ccccc2)C1. The lowest BCUT2D eigenvalue weighted by molar-refractivity contribution is 0.0900. The van der Waals surface area contributed by atoms with Crippen molar-refractivity contribution in [3.05, 3.63) is 71.3 Å². The molecule has 0 radical (unpaired) electrons. The molecule has 1 heterocycles. The molecule has 120 valence electrons. The van der Waals surface area contributed by atoms with Gasteiger partial charge < -0.3 is 5.32 Å². The topological polar surface area (TPSA) is 32.3 Å². The molecule has 0 spiro atoms. The molecule has 1 aliphatic rings. The summed E-state index contributed by atoms with van der Waals surface area (Å²) in [6.07, 6.45) is 2.19. The monoisotopic (exact) mass is 308 g/mol. The third-order valence-corrected chi connectivity index (χ3v) is 4.48. The van der Waals surface area contributed by atoms with Gasteiger partial charge in [-0.15, -0.1) is 0 Å². The van der Waals surface area contributed by atoms with E-state index in [0.717, 1.165) is 43.6 Å². The minimum Gasteiger partial charge on any atom is -0.348 e. The summed E-state index contributed by atoms with van der Waals surface area (Å²) in [5.74, 6) is 0.0506. The fourth-order valence-electron chi connectivity index (χ4n) is 3.25. The predicted molar refractivity (Wildman–Crippen MR) is 93.4 cm³/mol. The van der Waals surface area contributed by atoms with Crippen molar-refractivity contribution in [3.63, 3.8) is 0 Å². The molecule has 2 aromatic rings. The molecule has 0 unspecified atom stereocenters. The third-order valence-electron chi connectivity index (χ3n) is 4.48. The van der Waals surface area contributed by atoms with E-state index in [-0.39, 0.29) is 11.9 Å². The van der Waals surface area contributed by atoms with Crippen LogP contribution in [0.25, 0.3) is 0 Å². The van der Waals surface area contributed by atoms with E-state index in [1.807, 2.05) is 37.3 Å². The number of carbonyl (C=O) groups is 1. The second-order valence-electron chi connectivity index (χ2n) is 6.35. The van der Waals surface area contributed by atoms with Crippen molar-refractivity contribution in [3.8, 4) is 0 Å². The van der Waals surface area contributed by atoms with Crippen LogP contribution in [0.4, 0.5) is 0 Å². The third kappa shape index (κ3) is 4.20. The number of hydrogen-bond acceptors (Lipinski definition) is 2. The normalized spacial score (nSPS) is 18.6. The number of benzene rings is 2. The lowest BCUT2D eigenvalue weighted by Crippen LogP contribution is -2.47. The number of nitrogens with zero attached hydrogens (tertiary/aromatic N) is 1. The number of nitrogens with one attached hydrogen (secondary N) is 1. The molecule has 3 nitrogen and oxygen atoms in total. The molecule has 0 aromatic heterocycles. The van der Waals surface area contributed by atoms with Gasteiger partial charge in [0, 0.05) is 24.7 Å². The van der Waals surface area contributed by atoms with Crippen LogP contribution in [-0.2, 0) is 6.54 Å². The highest BCUT2D eigenvalue weighted by Crippen LogP contribution is 2.15. The molecule has 23 heavy (non-hydrogen) atoms. The number of carbonyl (C=O) groups excluding carboxylic acids is 1. The molecule has 1 amide bonds. The molecule has 0 saturated carbocycles. The zero-order chi connectivity index (χ0) is 16.1. The Morgan fingerprint density at radius 3 is 2.65 bits per heavy atom. The maximum atomic E-state index is 12.5. The van der Waals surface area contributed by atoms with Gasteiger partial charge in [0.2, 0.25) is 0 Å². The van der Waals surface area contributed by atoms with E-state index >= 15 is 0 Å². The van der Waals surface area contributed by atoms with Crippen molar-refractivity contribution >= 4 is 5.91 Å². The smallest absolute Gasteiger partial charge is 0.251 e. The largest absolute Gasteiger partial charge is 0.348 e. The molecule has 1 fully saturated rings. The number of aryl methyl sites for hydroxylation is 1. The highest BCUT2D eigenvalue weighted by molar-refractivity contribution is 5.95. The summed E-state index contributed by atoms with van der Waals surface area (Å²) >= 11 is 0. The zero-order valence-electron chi connectivity index (χ0n) is 13.7. The minimum absolute atomic E-state index is 0.0506. The van der Waals surface area contributed by atoms with Crippen LogP contribution in [0.1, 0.15) is 34.3 Å². The second kappa shape index (κ2) is 7.42. The summed E-state index contributed by atoms with van der Waals surface area (Å²) < 4.78 is 0. The Kier molecular flexibility index (Phi) is 5.09. The number of piperidine rings is 1. The van der Waals surface area contributed by atoms with Gasteiger partial charge in [0.1, 0.15) is 0 Å². The van der Waals surface area contributed by atoms with Crippen LogP contribution < -0.4 is 5.32 Å². The number of amides is 1. The lowest BCUT2D eigenvalue weighted by Gasteiger charge is -2.33. The minimum atomic E-state index is 0.0506. The van der Waals surface area contributed by atoms with Crippen molar-refractivity contribution in [1.29, 1.82) is 0 Å². The molecule has 1 aliphatic heterocycles. The maximum absolute atomic E-state index is 12.5. The van der Waals surface area contributed by atoms with Crippen LogP contribution in [0.3, 0.4) is 0 Å². The fraction of sp³-hybridized carbons (Fsp3) is 0.350. The first-order valence-corrected chi connectivity index (χ1v) is 8.35. The lowest BCUT2D eigenvalue weighted by atomic mass is 10.0. The predicted octanol–water partition coefficient (Wildman–Crippen LogP) is 3.39. The van der Waals surface area contributed by atoms with Crippen LogP contribution in [0.15, 0.2) is 54.6 Å². The summed E-state index contributed by atoms with van der Waals surface area (Å²) in [5, 5.41) is 3.21. The Balaban J connectivity index is 1.58. The summed E-state index contributed by atoms with van der Waals surface area (Å²) in [7, 11) is 0. The molecule has 3 heteroatoms. The Morgan fingerprint density at radius 2 is 1.87 bits per heavy atom. The van der Waals surface area contributed by atoms with Crippen molar-refractivity contribution in [2.75, 3.05) is 13.1 Å². The Bertz CT molecular complexity index is 654. The first-order valence-electron chi connectivity index (χ1n) is 8.35. The summed E-state index contributed by atoms with van der Waals surface area (Å²) in [4.78, 5) is 14.9. The Morgan fingerprint density at radius 1 is 1.13 bits per heavy atom. The van der Waals surface area contributed by atoms with Gasteiger partial charge in [0.25, 0.3) is 5.91 Å². The molecule has 2 aromatic carbocycles. The molecule has 1 N–H and O–H groups in total. The quantitative estimate of drug-likeness (QED) is 0.939. The highest BCUT2D eigenvalue weighted by Gasteiger charge is 2.22. The van der Waals surface area contributed by atoms with Crippen LogP contribution in [0, 0.1) is 6.92 Å². The number of hydrogen-bond donors (Lipinski definition) is 1. The van der Waals surface area contributed by atoms with Gasteiger partial charge in [0.05, 0.1) is 0 Å². The van der Waals surface area contributed by atoms with Gasteiger partial charge >= 0.3 is 0 Å². The molecule has 1 atom stereocenters. The van der Waals surface area contributed by atoms with E-state index in [9.17, 15) is 4.79 Å². The van der Waals surface area contributed by atoms with Gasteiger partial charge in [0.15, 0.2) is 0 Å². The van der Waals surface area contributed by atoms with Crippen molar-refractivity contribution < 1.29 is 4.79 Å². The first-order chi connectivity index (χ1) is 11.2. The average molecular weight is 308 g/mol. The summed E-state index contributed by atoms with van der Waals surface area (Å²) in [6.45, 7) is 4.97. The molecular formula is C20H24N2O. The molecular weight excluding hydrogens is 284 g/mol. The Labute approximate surface area is 138 Å². The van der Waals surface area contributed by atoms with E-state index in [4.69, 9.17) is 0 Å². The van der Waals surface area contributed by atoms with Gasteiger partial charge in [-0.25, -0.2) is 0 Å². The Hall–Kier alpha value is -2.13. The maximum Gasteiger partial charge on any atom is 0.251 e. The average Bonchev–Trinajstić information content (AvgIpc) is 2.56. The van der Waals surface area contributed by atoms with Crippen LogP contribution in [0.2, 0.25) is 0 Å². The van der Waals surface area contributed by atoms with Gasteiger partial charge in [-0.05, 0) is 43.5 Å². The van der Waals surface area contributed by atoms with Gasteiger partial charge in [-0.2, -0.15) is 0 Å².